The van der Waals surface area contributed by atoms with Gasteiger partial charge in [0.15, 0.2) is 0 Å². The highest BCUT2D eigenvalue weighted by Gasteiger charge is 2.27. The number of nitrogens with zero attached hydrogens (tertiary/aromatic N) is 2. The van der Waals surface area contributed by atoms with Crippen LogP contribution in [-0.2, 0) is 4.74 Å². The highest BCUT2D eigenvalue weighted by Crippen LogP contribution is 2.38. The summed E-state index contributed by atoms with van der Waals surface area (Å²) < 4.78 is 19.5. The van der Waals surface area contributed by atoms with Crippen LogP contribution >= 0.6 is 0 Å². The number of hydrogen-bond acceptors (Lipinski definition) is 3. The zero-order valence-electron chi connectivity index (χ0n) is 18.7. The van der Waals surface area contributed by atoms with Crippen molar-refractivity contribution in [2.24, 2.45) is 0 Å². The van der Waals surface area contributed by atoms with Gasteiger partial charge in [-0.15, -0.1) is 0 Å². The zero-order valence-corrected chi connectivity index (χ0v) is 18.7. The Morgan fingerprint density at radius 2 is 1.59 bits per heavy atom. The normalized spacial score (nSPS) is 21.4. The Bertz CT molecular complexity index is 1030. The lowest BCUT2D eigenvalue weighted by Gasteiger charge is -2.37. The maximum Gasteiger partial charge on any atom is 0.123 e. The van der Waals surface area contributed by atoms with Gasteiger partial charge >= 0.3 is 0 Å². The minimum atomic E-state index is -0.176. The number of halogens is 1. The van der Waals surface area contributed by atoms with Crippen LogP contribution in [0.4, 0.5) is 10.1 Å². The van der Waals surface area contributed by atoms with Gasteiger partial charge in [0.2, 0.25) is 0 Å². The number of rotatable bonds is 5. The molecule has 2 aliphatic heterocycles. The summed E-state index contributed by atoms with van der Waals surface area (Å²) >= 11 is 0. The maximum atomic E-state index is 13.2. The van der Waals surface area contributed by atoms with Crippen LogP contribution in [0.25, 0.3) is 11.1 Å². The standard InChI is InChI=1S/C28H31FN2O/c1-21-20-32-28(27-19-23(7-12-26(21)27)22-5-3-2-4-6-22)13-14-30-15-17-31(18-16-30)25-10-8-24(29)9-11-25/h2-12,19,21,28H,13-18,20H2,1H3. The number of hydrogen-bond donors (Lipinski definition) is 0. The van der Waals surface area contributed by atoms with Gasteiger partial charge < -0.3 is 9.64 Å². The second kappa shape index (κ2) is 9.43. The lowest BCUT2D eigenvalue weighted by Crippen LogP contribution is -2.47. The third-order valence-corrected chi connectivity index (χ3v) is 6.89. The van der Waals surface area contributed by atoms with Crippen molar-refractivity contribution in [2.45, 2.75) is 25.4 Å². The van der Waals surface area contributed by atoms with Gasteiger partial charge in [0.05, 0.1) is 12.7 Å². The molecule has 0 aromatic heterocycles. The molecule has 3 aromatic rings. The Morgan fingerprint density at radius 1 is 0.844 bits per heavy atom. The Balaban J connectivity index is 1.23. The van der Waals surface area contributed by atoms with Crippen LogP contribution in [0.15, 0.2) is 72.8 Å². The van der Waals surface area contributed by atoms with Crippen LogP contribution in [0.2, 0.25) is 0 Å². The van der Waals surface area contributed by atoms with E-state index in [-0.39, 0.29) is 11.9 Å². The second-order valence-electron chi connectivity index (χ2n) is 9.03. The van der Waals surface area contributed by atoms with Crippen LogP contribution < -0.4 is 4.90 Å². The van der Waals surface area contributed by atoms with Crippen molar-refractivity contribution in [1.82, 2.24) is 4.90 Å². The first-order valence-electron chi connectivity index (χ1n) is 11.7. The second-order valence-corrected chi connectivity index (χ2v) is 9.03. The number of fused-ring (bicyclic) bond motifs is 1. The molecule has 2 aliphatic rings. The molecule has 3 aromatic carbocycles. The van der Waals surface area contributed by atoms with E-state index in [2.05, 4.69) is 65.3 Å². The van der Waals surface area contributed by atoms with Gasteiger partial charge in [-0.1, -0.05) is 49.4 Å². The third kappa shape index (κ3) is 4.57. The summed E-state index contributed by atoms with van der Waals surface area (Å²) in [6, 6.07) is 24.3. The predicted octanol–water partition coefficient (Wildman–Crippen LogP) is 5.88. The lowest BCUT2D eigenvalue weighted by molar-refractivity contribution is 0.0183. The van der Waals surface area contributed by atoms with E-state index < -0.39 is 0 Å². The molecule has 0 bridgehead atoms. The van der Waals surface area contributed by atoms with Gasteiger partial charge in [-0.2, -0.15) is 0 Å². The fourth-order valence-electron chi connectivity index (χ4n) is 4.97. The SMILES string of the molecule is CC1COC(CCN2CCN(c3ccc(F)cc3)CC2)c2cc(-c3ccccc3)ccc21. The molecule has 0 radical (unpaired) electrons. The van der Waals surface area contributed by atoms with E-state index >= 15 is 0 Å². The summed E-state index contributed by atoms with van der Waals surface area (Å²) in [5, 5.41) is 0. The summed E-state index contributed by atoms with van der Waals surface area (Å²) in [5.74, 6) is 0.259. The molecule has 1 saturated heterocycles. The first-order valence-corrected chi connectivity index (χ1v) is 11.7. The number of ether oxygens (including phenoxy) is 1. The summed E-state index contributed by atoms with van der Waals surface area (Å²) in [6.07, 6.45) is 1.16. The monoisotopic (exact) mass is 430 g/mol. The van der Waals surface area contributed by atoms with E-state index in [1.54, 1.807) is 12.1 Å². The topological polar surface area (TPSA) is 15.7 Å². The molecule has 166 valence electrons. The molecule has 2 heterocycles. The fourth-order valence-corrected chi connectivity index (χ4v) is 4.97. The molecule has 2 atom stereocenters. The number of benzene rings is 3. The summed E-state index contributed by atoms with van der Waals surface area (Å²) in [6.45, 7) is 8.08. The van der Waals surface area contributed by atoms with Crippen LogP contribution in [0, 0.1) is 5.82 Å². The van der Waals surface area contributed by atoms with Gasteiger partial charge in [-0.25, -0.2) is 4.39 Å². The van der Waals surface area contributed by atoms with Crippen molar-refractivity contribution >= 4 is 5.69 Å². The molecule has 1 fully saturated rings. The fraction of sp³-hybridized carbons (Fsp3) is 0.357. The minimum Gasteiger partial charge on any atom is -0.373 e. The van der Waals surface area contributed by atoms with Crippen LogP contribution in [0.3, 0.4) is 0 Å². The Morgan fingerprint density at radius 3 is 2.34 bits per heavy atom. The van der Waals surface area contributed by atoms with Crippen molar-refractivity contribution in [1.29, 1.82) is 0 Å². The van der Waals surface area contributed by atoms with Gasteiger partial charge in [-0.05, 0) is 59.0 Å². The van der Waals surface area contributed by atoms with Gasteiger partial charge in [0.25, 0.3) is 0 Å². The van der Waals surface area contributed by atoms with E-state index in [1.807, 2.05) is 12.1 Å². The Hall–Kier alpha value is -2.69. The van der Waals surface area contributed by atoms with Crippen molar-refractivity contribution < 1.29 is 9.13 Å². The average Bonchev–Trinajstić information content (AvgIpc) is 2.85. The summed E-state index contributed by atoms with van der Waals surface area (Å²) in [4.78, 5) is 4.87. The van der Waals surface area contributed by atoms with Crippen LogP contribution in [-0.4, -0.2) is 44.2 Å². The Labute approximate surface area is 190 Å². The van der Waals surface area contributed by atoms with Crippen molar-refractivity contribution in [3.63, 3.8) is 0 Å². The van der Waals surface area contributed by atoms with E-state index in [4.69, 9.17) is 4.74 Å². The predicted molar refractivity (Wildman–Crippen MR) is 129 cm³/mol. The average molecular weight is 431 g/mol. The van der Waals surface area contributed by atoms with Gasteiger partial charge in [0.1, 0.15) is 5.82 Å². The highest BCUT2D eigenvalue weighted by atomic mass is 19.1. The molecule has 3 nitrogen and oxygen atoms in total. The first-order chi connectivity index (χ1) is 15.7. The largest absolute Gasteiger partial charge is 0.373 e. The molecule has 0 N–H and O–H groups in total. The first kappa shape index (κ1) is 21.2. The van der Waals surface area contributed by atoms with Crippen molar-refractivity contribution in [3.8, 4) is 11.1 Å². The smallest absolute Gasteiger partial charge is 0.123 e. The minimum absolute atomic E-state index is 0.153. The maximum absolute atomic E-state index is 13.2. The lowest BCUT2D eigenvalue weighted by atomic mass is 9.87. The molecule has 0 amide bonds. The molecular formula is C28H31FN2O. The summed E-state index contributed by atoms with van der Waals surface area (Å²) in [5.41, 5.74) is 6.42. The third-order valence-electron chi connectivity index (χ3n) is 6.89. The molecule has 0 saturated carbocycles. The van der Waals surface area contributed by atoms with Crippen molar-refractivity contribution in [3.05, 3.63) is 89.7 Å². The summed E-state index contributed by atoms with van der Waals surface area (Å²) in [7, 11) is 0. The van der Waals surface area contributed by atoms with Crippen LogP contribution in [0.5, 0.6) is 0 Å². The molecule has 0 aliphatic carbocycles. The van der Waals surface area contributed by atoms with Crippen molar-refractivity contribution in [2.75, 3.05) is 44.2 Å². The zero-order chi connectivity index (χ0) is 21.9. The molecule has 32 heavy (non-hydrogen) atoms. The van der Waals surface area contributed by atoms with E-state index in [1.165, 1.54) is 22.3 Å². The van der Waals surface area contributed by atoms with Crippen LogP contribution in [0.1, 0.15) is 36.5 Å². The number of anilines is 1. The number of piperazine rings is 1. The molecule has 4 heteroatoms. The highest BCUT2D eigenvalue weighted by molar-refractivity contribution is 5.65. The molecule has 2 unspecified atom stereocenters. The quantitative estimate of drug-likeness (QED) is 0.503. The molecule has 5 rings (SSSR count). The van der Waals surface area contributed by atoms with E-state index in [9.17, 15) is 4.39 Å². The Kier molecular flexibility index (Phi) is 6.24. The molecular weight excluding hydrogens is 399 g/mol. The van der Waals surface area contributed by atoms with E-state index in [0.29, 0.717) is 5.92 Å². The van der Waals surface area contributed by atoms with E-state index in [0.717, 1.165) is 51.4 Å². The van der Waals surface area contributed by atoms with Gasteiger partial charge in [-0.3, -0.25) is 4.90 Å². The van der Waals surface area contributed by atoms with Gasteiger partial charge in [0, 0.05) is 44.3 Å². The molecule has 0 spiro atoms.